The number of ether oxygens (including phenoxy) is 1. The van der Waals surface area contributed by atoms with Crippen LogP contribution in [0.2, 0.25) is 0 Å². The lowest BCUT2D eigenvalue weighted by atomic mass is 10.0. The van der Waals surface area contributed by atoms with Crippen LogP contribution in [0.4, 0.5) is 0 Å². The summed E-state index contributed by atoms with van der Waals surface area (Å²) in [5.41, 5.74) is -0.149. The molecule has 2 unspecified atom stereocenters. The summed E-state index contributed by atoms with van der Waals surface area (Å²) in [5.74, 6) is 1.11. The minimum Gasteiger partial charge on any atom is -0.458 e. The molecular weight excluding hydrogens is 176 g/mol. The van der Waals surface area contributed by atoms with Crippen molar-refractivity contribution in [1.82, 2.24) is 0 Å². The smallest absolute Gasteiger partial charge is 0.303 e. The lowest BCUT2D eigenvalue weighted by Crippen LogP contribution is -2.21. The van der Waals surface area contributed by atoms with Crippen molar-refractivity contribution >= 4 is 5.97 Å². The van der Waals surface area contributed by atoms with E-state index in [2.05, 4.69) is 6.58 Å². The maximum atomic E-state index is 11.1. The van der Waals surface area contributed by atoms with E-state index in [9.17, 15) is 4.79 Å². The van der Waals surface area contributed by atoms with Crippen LogP contribution in [0.5, 0.6) is 0 Å². The van der Waals surface area contributed by atoms with E-state index < -0.39 is 0 Å². The molecule has 0 saturated heterocycles. The van der Waals surface area contributed by atoms with Gasteiger partial charge in [-0.05, 0) is 12.8 Å². The Kier molecular flexibility index (Phi) is 2.38. The zero-order valence-corrected chi connectivity index (χ0v) is 8.79. The summed E-state index contributed by atoms with van der Waals surface area (Å²) in [6.07, 6.45) is 7.77. The van der Waals surface area contributed by atoms with Crippen molar-refractivity contribution in [3.05, 3.63) is 12.7 Å². The molecule has 0 spiro atoms. The van der Waals surface area contributed by atoms with Crippen LogP contribution < -0.4 is 0 Å². The Morgan fingerprint density at radius 3 is 2.50 bits per heavy atom. The highest BCUT2D eigenvalue weighted by Crippen LogP contribution is 2.62. The quantitative estimate of drug-likeness (QED) is 0.510. The zero-order valence-electron chi connectivity index (χ0n) is 8.79. The second kappa shape index (κ2) is 3.41. The summed E-state index contributed by atoms with van der Waals surface area (Å²) in [6.45, 7) is 5.27. The van der Waals surface area contributed by atoms with Crippen molar-refractivity contribution in [2.45, 2.75) is 44.6 Å². The van der Waals surface area contributed by atoms with Crippen LogP contribution >= 0.6 is 0 Å². The number of esters is 1. The van der Waals surface area contributed by atoms with Gasteiger partial charge < -0.3 is 4.74 Å². The Balaban J connectivity index is 2.08. The van der Waals surface area contributed by atoms with Crippen molar-refractivity contribution in [2.75, 3.05) is 0 Å². The molecule has 0 N–H and O–H groups in total. The Bertz CT molecular complexity index is 245. The van der Waals surface area contributed by atoms with Crippen LogP contribution in [0.3, 0.4) is 0 Å². The highest BCUT2D eigenvalue weighted by molar-refractivity contribution is 5.67. The third kappa shape index (κ3) is 1.37. The van der Waals surface area contributed by atoms with Crippen molar-refractivity contribution < 1.29 is 9.53 Å². The molecular formula is C12H18O2. The Morgan fingerprint density at radius 1 is 1.50 bits per heavy atom. The van der Waals surface area contributed by atoms with Crippen molar-refractivity contribution in [2.24, 2.45) is 11.8 Å². The van der Waals surface area contributed by atoms with Crippen LogP contribution in [0.1, 0.15) is 39.0 Å². The molecule has 2 heteroatoms. The van der Waals surface area contributed by atoms with Gasteiger partial charge in [0.1, 0.15) is 5.60 Å². The lowest BCUT2D eigenvalue weighted by Gasteiger charge is -2.16. The standard InChI is InChI=1S/C12H18O2/c1-3-8-12(14-9(2)13)10-6-4-5-7-11(10)12/h3,10-11H,1,4-8H2,2H3. The Hall–Kier alpha value is -0.790. The average Bonchev–Trinajstić information content (AvgIpc) is 2.74. The first-order chi connectivity index (χ1) is 6.70. The second-order valence-corrected chi connectivity index (χ2v) is 4.54. The normalized spacial score (nSPS) is 39.8. The number of fused-ring (bicyclic) bond motifs is 1. The molecule has 2 nitrogen and oxygen atoms in total. The van der Waals surface area contributed by atoms with E-state index in [4.69, 9.17) is 4.74 Å². The number of carbonyl (C=O) groups is 1. The van der Waals surface area contributed by atoms with E-state index >= 15 is 0 Å². The number of hydrogen-bond donors (Lipinski definition) is 0. The maximum Gasteiger partial charge on any atom is 0.303 e. The molecule has 0 aliphatic heterocycles. The van der Waals surface area contributed by atoms with Gasteiger partial charge in [0.15, 0.2) is 0 Å². The molecule has 14 heavy (non-hydrogen) atoms. The van der Waals surface area contributed by atoms with E-state index in [0.29, 0.717) is 11.8 Å². The summed E-state index contributed by atoms with van der Waals surface area (Å²) >= 11 is 0. The van der Waals surface area contributed by atoms with Gasteiger partial charge in [0, 0.05) is 25.2 Å². The average molecular weight is 194 g/mol. The number of hydrogen-bond acceptors (Lipinski definition) is 2. The molecule has 2 fully saturated rings. The van der Waals surface area contributed by atoms with Gasteiger partial charge in [-0.2, -0.15) is 0 Å². The van der Waals surface area contributed by atoms with Crippen LogP contribution in [-0.2, 0) is 9.53 Å². The molecule has 2 rings (SSSR count). The van der Waals surface area contributed by atoms with Crippen LogP contribution in [0.25, 0.3) is 0 Å². The fraction of sp³-hybridized carbons (Fsp3) is 0.750. The van der Waals surface area contributed by atoms with E-state index in [0.717, 1.165) is 6.42 Å². The van der Waals surface area contributed by atoms with E-state index in [-0.39, 0.29) is 11.6 Å². The fourth-order valence-electron chi connectivity index (χ4n) is 3.18. The van der Waals surface area contributed by atoms with Gasteiger partial charge in [-0.15, -0.1) is 6.58 Å². The van der Waals surface area contributed by atoms with Gasteiger partial charge in [0.05, 0.1) is 0 Å². The fourth-order valence-corrected chi connectivity index (χ4v) is 3.18. The van der Waals surface area contributed by atoms with Crippen LogP contribution in [0, 0.1) is 11.8 Å². The first kappa shape index (κ1) is 9.75. The van der Waals surface area contributed by atoms with E-state index in [1.165, 1.54) is 32.6 Å². The molecule has 0 aromatic rings. The van der Waals surface area contributed by atoms with Gasteiger partial charge in [0.25, 0.3) is 0 Å². The highest BCUT2D eigenvalue weighted by atomic mass is 16.6. The summed E-state index contributed by atoms with van der Waals surface area (Å²) < 4.78 is 5.53. The minimum absolute atomic E-state index is 0.138. The van der Waals surface area contributed by atoms with Crippen molar-refractivity contribution in [3.8, 4) is 0 Å². The van der Waals surface area contributed by atoms with Crippen molar-refractivity contribution in [3.63, 3.8) is 0 Å². The first-order valence-corrected chi connectivity index (χ1v) is 5.51. The molecule has 0 bridgehead atoms. The van der Waals surface area contributed by atoms with Gasteiger partial charge in [-0.3, -0.25) is 4.79 Å². The topological polar surface area (TPSA) is 26.3 Å². The SMILES string of the molecule is C=CCC1(OC(C)=O)C2CCCCC21. The van der Waals surface area contributed by atoms with Gasteiger partial charge in [0.2, 0.25) is 0 Å². The molecule has 0 aromatic heterocycles. The highest BCUT2D eigenvalue weighted by Gasteiger charge is 2.66. The maximum absolute atomic E-state index is 11.1. The molecule has 0 radical (unpaired) electrons. The Morgan fingerprint density at radius 2 is 2.07 bits per heavy atom. The molecule has 0 aromatic carbocycles. The van der Waals surface area contributed by atoms with Gasteiger partial charge in [-0.1, -0.05) is 18.9 Å². The summed E-state index contributed by atoms with van der Waals surface area (Å²) in [4.78, 5) is 11.1. The molecule has 0 heterocycles. The van der Waals surface area contributed by atoms with Crippen LogP contribution in [0.15, 0.2) is 12.7 Å². The predicted octanol–water partition coefficient (Wildman–Crippen LogP) is 2.68. The second-order valence-electron chi connectivity index (χ2n) is 4.54. The Labute approximate surface area is 85.3 Å². The molecule has 2 atom stereocenters. The molecule has 2 aliphatic carbocycles. The summed E-state index contributed by atoms with van der Waals surface area (Å²) in [5, 5.41) is 0. The zero-order chi connectivity index (χ0) is 10.2. The molecule has 78 valence electrons. The molecule has 2 saturated carbocycles. The number of carbonyl (C=O) groups excluding carboxylic acids is 1. The van der Waals surface area contributed by atoms with Gasteiger partial charge >= 0.3 is 5.97 Å². The largest absolute Gasteiger partial charge is 0.458 e. The number of rotatable bonds is 3. The predicted molar refractivity (Wildman–Crippen MR) is 54.8 cm³/mol. The third-order valence-corrected chi connectivity index (χ3v) is 3.71. The monoisotopic (exact) mass is 194 g/mol. The lowest BCUT2D eigenvalue weighted by molar-refractivity contribution is -0.150. The summed E-state index contributed by atoms with van der Waals surface area (Å²) in [7, 11) is 0. The first-order valence-electron chi connectivity index (χ1n) is 5.51. The summed E-state index contributed by atoms with van der Waals surface area (Å²) in [6, 6.07) is 0. The molecule has 2 aliphatic rings. The van der Waals surface area contributed by atoms with Crippen LogP contribution in [-0.4, -0.2) is 11.6 Å². The van der Waals surface area contributed by atoms with Crippen molar-refractivity contribution in [1.29, 1.82) is 0 Å². The molecule has 0 amide bonds. The van der Waals surface area contributed by atoms with E-state index in [1.807, 2.05) is 6.08 Å². The van der Waals surface area contributed by atoms with Gasteiger partial charge in [-0.25, -0.2) is 0 Å². The third-order valence-electron chi connectivity index (χ3n) is 3.71. The minimum atomic E-state index is -0.149. The van der Waals surface area contributed by atoms with E-state index in [1.54, 1.807) is 0 Å².